The zero-order valence-electron chi connectivity index (χ0n) is 15.4. The van der Waals surface area contributed by atoms with Crippen molar-refractivity contribution in [2.45, 2.75) is 84.1 Å². The normalized spacial score (nSPS) is 9.48. The zero-order chi connectivity index (χ0) is 16.5. The molecular weight excluding hydrogens is 296 g/mol. The summed E-state index contributed by atoms with van der Waals surface area (Å²) in [5, 5.41) is 0. The van der Waals surface area contributed by atoms with Gasteiger partial charge in [0.1, 0.15) is 0 Å². The van der Waals surface area contributed by atoms with Gasteiger partial charge in [0.2, 0.25) is 0 Å². The van der Waals surface area contributed by atoms with E-state index in [1.54, 1.807) is 0 Å². The highest BCUT2D eigenvalue weighted by atomic mass is 32.1. The standard InChI is InChI=1S/C12H18.C8H12S.2CH4/c1-7-8(2)10(4)12(6)11(5)9(7)3;1-5-6(2)8(4)9-7(5)3;;/h1-6H3;1-4H3;2*1H4. The lowest BCUT2D eigenvalue weighted by Crippen LogP contribution is -1.98. The van der Waals surface area contributed by atoms with Gasteiger partial charge < -0.3 is 0 Å². The topological polar surface area (TPSA) is 0 Å². The fraction of sp³-hybridized carbons (Fsp3) is 0.545. The van der Waals surface area contributed by atoms with Gasteiger partial charge >= 0.3 is 0 Å². The summed E-state index contributed by atoms with van der Waals surface area (Å²) in [4.78, 5) is 2.93. The number of benzene rings is 1. The average Bonchev–Trinajstić information content (AvgIpc) is 2.68. The Labute approximate surface area is 150 Å². The number of hydrogen-bond acceptors (Lipinski definition) is 1. The van der Waals surface area contributed by atoms with Crippen molar-refractivity contribution < 1.29 is 0 Å². The third-order valence-corrected chi connectivity index (χ3v) is 6.52. The number of aryl methyl sites for hydroxylation is 2. The lowest BCUT2D eigenvalue weighted by Gasteiger charge is -2.15. The third-order valence-electron chi connectivity index (χ3n) is 5.30. The molecule has 0 spiro atoms. The van der Waals surface area contributed by atoms with E-state index in [0.29, 0.717) is 0 Å². The second-order valence-electron chi connectivity index (χ2n) is 6.21. The van der Waals surface area contributed by atoms with Crippen molar-refractivity contribution in [3.8, 4) is 0 Å². The number of hydrogen-bond donors (Lipinski definition) is 0. The summed E-state index contributed by atoms with van der Waals surface area (Å²) >= 11 is 1.90. The van der Waals surface area contributed by atoms with Gasteiger partial charge in [-0.2, -0.15) is 0 Å². The van der Waals surface area contributed by atoms with Gasteiger partial charge in [-0.15, -0.1) is 11.3 Å². The Hall–Kier alpha value is -1.08. The summed E-state index contributed by atoms with van der Waals surface area (Å²) in [6.07, 6.45) is 0. The molecule has 23 heavy (non-hydrogen) atoms. The fourth-order valence-corrected chi connectivity index (χ4v) is 3.67. The van der Waals surface area contributed by atoms with Gasteiger partial charge in [-0.25, -0.2) is 0 Å². The van der Waals surface area contributed by atoms with Gasteiger partial charge in [0.25, 0.3) is 0 Å². The Bertz CT molecular complexity index is 530. The lowest BCUT2D eigenvalue weighted by atomic mass is 9.90. The lowest BCUT2D eigenvalue weighted by molar-refractivity contribution is 1.13. The first kappa shape index (κ1) is 24.2. The summed E-state index contributed by atoms with van der Waals surface area (Å²) < 4.78 is 0. The maximum absolute atomic E-state index is 2.21. The van der Waals surface area contributed by atoms with Crippen LogP contribution in [0.1, 0.15) is 69.1 Å². The van der Waals surface area contributed by atoms with E-state index >= 15 is 0 Å². The minimum Gasteiger partial charge on any atom is -0.145 e. The van der Waals surface area contributed by atoms with E-state index in [9.17, 15) is 0 Å². The Morgan fingerprint density at radius 3 is 0.609 bits per heavy atom. The molecule has 0 atom stereocenters. The SMILES string of the molecule is C.C.Cc1c(C)c(C)c(C)c(C)c1C.Cc1sc(C)c(C)c1C. The molecule has 0 aliphatic carbocycles. The monoisotopic (exact) mass is 334 g/mol. The van der Waals surface area contributed by atoms with Crippen LogP contribution in [0.2, 0.25) is 0 Å². The molecule has 0 N–H and O–H groups in total. The molecule has 1 aromatic carbocycles. The van der Waals surface area contributed by atoms with E-state index in [4.69, 9.17) is 0 Å². The van der Waals surface area contributed by atoms with Crippen molar-refractivity contribution in [1.82, 2.24) is 0 Å². The van der Waals surface area contributed by atoms with E-state index in [2.05, 4.69) is 69.2 Å². The van der Waals surface area contributed by atoms with Crippen LogP contribution < -0.4 is 0 Å². The van der Waals surface area contributed by atoms with E-state index in [-0.39, 0.29) is 14.9 Å². The van der Waals surface area contributed by atoms with Gasteiger partial charge in [0, 0.05) is 9.75 Å². The Kier molecular flexibility index (Phi) is 9.75. The van der Waals surface area contributed by atoms with Gasteiger partial charge in [-0.05, 0) is 114 Å². The molecule has 2 rings (SSSR count). The Balaban J connectivity index is 0. The molecule has 0 saturated heterocycles. The van der Waals surface area contributed by atoms with Gasteiger partial charge in [-0.3, -0.25) is 0 Å². The summed E-state index contributed by atoms with van der Waals surface area (Å²) in [5.41, 5.74) is 11.7. The highest BCUT2D eigenvalue weighted by Crippen LogP contribution is 2.25. The first-order valence-corrected chi connectivity index (χ1v) is 8.47. The zero-order valence-corrected chi connectivity index (χ0v) is 16.2. The van der Waals surface area contributed by atoms with Crippen LogP contribution in [0.4, 0.5) is 0 Å². The van der Waals surface area contributed by atoms with Crippen molar-refractivity contribution in [2.75, 3.05) is 0 Å². The van der Waals surface area contributed by atoms with Crippen LogP contribution in [0.3, 0.4) is 0 Å². The Morgan fingerprint density at radius 1 is 0.348 bits per heavy atom. The second-order valence-corrected chi connectivity index (χ2v) is 7.64. The van der Waals surface area contributed by atoms with Crippen molar-refractivity contribution in [3.63, 3.8) is 0 Å². The highest BCUT2D eigenvalue weighted by Gasteiger charge is 2.07. The molecule has 0 aliphatic rings. The van der Waals surface area contributed by atoms with Crippen LogP contribution in [0.25, 0.3) is 0 Å². The van der Waals surface area contributed by atoms with Crippen LogP contribution >= 0.6 is 11.3 Å². The molecule has 0 unspecified atom stereocenters. The maximum atomic E-state index is 2.21. The van der Waals surface area contributed by atoms with E-state index in [1.165, 1.54) is 54.3 Å². The Morgan fingerprint density at radius 2 is 0.522 bits per heavy atom. The summed E-state index contributed by atoms with van der Waals surface area (Å²) in [7, 11) is 0. The maximum Gasteiger partial charge on any atom is 0.00489 e. The van der Waals surface area contributed by atoms with Crippen molar-refractivity contribution in [1.29, 1.82) is 0 Å². The molecule has 1 heterocycles. The quantitative estimate of drug-likeness (QED) is 0.461. The fourth-order valence-electron chi connectivity index (χ4n) is 2.60. The molecule has 0 bridgehead atoms. The van der Waals surface area contributed by atoms with Gasteiger partial charge in [-0.1, -0.05) is 14.9 Å². The van der Waals surface area contributed by atoms with E-state index < -0.39 is 0 Å². The summed E-state index contributed by atoms with van der Waals surface area (Å²) in [5.74, 6) is 0. The molecule has 132 valence electrons. The van der Waals surface area contributed by atoms with Crippen LogP contribution in [0, 0.1) is 69.2 Å². The van der Waals surface area contributed by atoms with E-state index in [1.807, 2.05) is 11.3 Å². The molecule has 1 heteroatoms. The number of rotatable bonds is 0. The summed E-state index contributed by atoms with van der Waals surface area (Å²) in [6, 6.07) is 0. The third kappa shape index (κ3) is 4.94. The predicted octanol–water partition coefficient (Wildman–Crippen LogP) is 7.79. The molecule has 0 aliphatic heterocycles. The molecule has 2 aromatic rings. The molecular formula is C22H38S. The minimum absolute atomic E-state index is 0. The van der Waals surface area contributed by atoms with Crippen molar-refractivity contribution >= 4 is 11.3 Å². The first-order valence-electron chi connectivity index (χ1n) is 7.66. The van der Waals surface area contributed by atoms with Crippen LogP contribution in [-0.4, -0.2) is 0 Å². The first-order chi connectivity index (χ1) is 9.59. The molecule has 0 nitrogen and oxygen atoms in total. The van der Waals surface area contributed by atoms with Crippen LogP contribution in [0.15, 0.2) is 0 Å². The average molecular weight is 335 g/mol. The smallest absolute Gasteiger partial charge is 0.00489 e. The molecule has 0 fully saturated rings. The number of thiophene rings is 1. The van der Waals surface area contributed by atoms with Gasteiger partial charge in [0.15, 0.2) is 0 Å². The summed E-state index contributed by atoms with van der Waals surface area (Å²) in [6.45, 7) is 22.0. The van der Waals surface area contributed by atoms with Gasteiger partial charge in [0.05, 0.1) is 0 Å². The molecule has 0 radical (unpaired) electrons. The van der Waals surface area contributed by atoms with Crippen LogP contribution in [-0.2, 0) is 0 Å². The molecule has 1 aromatic heterocycles. The van der Waals surface area contributed by atoms with Crippen molar-refractivity contribution in [3.05, 3.63) is 54.3 Å². The molecule has 0 amide bonds. The highest BCUT2D eigenvalue weighted by molar-refractivity contribution is 7.12. The second kappa shape index (κ2) is 9.27. The molecule has 0 saturated carbocycles. The van der Waals surface area contributed by atoms with Crippen LogP contribution in [0.5, 0.6) is 0 Å². The minimum atomic E-state index is 0. The predicted molar refractivity (Wildman–Crippen MR) is 112 cm³/mol. The van der Waals surface area contributed by atoms with E-state index in [0.717, 1.165) is 0 Å². The van der Waals surface area contributed by atoms with Crippen molar-refractivity contribution in [2.24, 2.45) is 0 Å². The largest absolute Gasteiger partial charge is 0.145 e.